The Balaban J connectivity index is 1.82. The Morgan fingerprint density at radius 1 is 1.00 bits per heavy atom. The van der Waals surface area contributed by atoms with Crippen LogP contribution in [0.3, 0.4) is 0 Å². The second-order valence-corrected chi connectivity index (χ2v) is 6.68. The van der Waals surface area contributed by atoms with Crippen LogP contribution in [0.25, 0.3) is 21.3 Å². The number of aromatic nitrogens is 2. The smallest absolute Gasteiger partial charge is 0.271 e. The SMILES string of the molecule is Cc1ccccc1-c1csc2c(=O)n(Cc3ccccc3)cnc12. The minimum Gasteiger partial charge on any atom is -0.294 e. The van der Waals surface area contributed by atoms with Crippen LogP contribution in [-0.4, -0.2) is 9.55 Å². The van der Waals surface area contributed by atoms with Gasteiger partial charge in [0.15, 0.2) is 0 Å². The summed E-state index contributed by atoms with van der Waals surface area (Å²) in [5.41, 5.74) is 5.27. The van der Waals surface area contributed by atoms with Crippen LogP contribution in [0, 0.1) is 6.92 Å². The Labute approximate surface area is 143 Å². The zero-order chi connectivity index (χ0) is 16.5. The van der Waals surface area contributed by atoms with Gasteiger partial charge in [0.2, 0.25) is 0 Å². The van der Waals surface area contributed by atoms with Gasteiger partial charge in [-0.05, 0) is 23.6 Å². The summed E-state index contributed by atoms with van der Waals surface area (Å²) in [6.07, 6.45) is 1.66. The lowest BCUT2D eigenvalue weighted by Gasteiger charge is -2.06. The van der Waals surface area contributed by atoms with E-state index in [-0.39, 0.29) is 5.56 Å². The van der Waals surface area contributed by atoms with E-state index >= 15 is 0 Å². The molecular formula is C20H16N2OS. The second-order valence-electron chi connectivity index (χ2n) is 5.81. The van der Waals surface area contributed by atoms with E-state index in [9.17, 15) is 4.79 Å². The lowest BCUT2D eigenvalue weighted by Crippen LogP contribution is -2.20. The summed E-state index contributed by atoms with van der Waals surface area (Å²) in [6.45, 7) is 2.62. The highest BCUT2D eigenvalue weighted by atomic mass is 32.1. The van der Waals surface area contributed by atoms with Crippen molar-refractivity contribution >= 4 is 21.6 Å². The highest BCUT2D eigenvalue weighted by Crippen LogP contribution is 2.32. The number of hydrogen-bond donors (Lipinski definition) is 0. The fraction of sp³-hybridized carbons (Fsp3) is 0.100. The molecule has 0 aliphatic carbocycles. The van der Waals surface area contributed by atoms with Gasteiger partial charge < -0.3 is 0 Å². The van der Waals surface area contributed by atoms with Gasteiger partial charge in [0, 0.05) is 10.9 Å². The van der Waals surface area contributed by atoms with Crippen molar-refractivity contribution in [1.82, 2.24) is 9.55 Å². The number of thiophene rings is 1. The molecule has 0 aliphatic heterocycles. The van der Waals surface area contributed by atoms with Crippen LogP contribution in [0.1, 0.15) is 11.1 Å². The van der Waals surface area contributed by atoms with E-state index in [2.05, 4.69) is 24.0 Å². The molecule has 0 amide bonds. The number of benzene rings is 2. The molecule has 0 aliphatic rings. The molecule has 0 fully saturated rings. The number of fused-ring (bicyclic) bond motifs is 1. The fourth-order valence-electron chi connectivity index (χ4n) is 2.90. The van der Waals surface area contributed by atoms with Gasteiger partial charge in [-0.15, -0.1) is 11.3 Å². The summed E-state index contributed by atoms with van der Waals surface area (Å²) >= 11 is 1.47. The van der Waals surface area contributed by atoms with Crippen molar-refractivity contribution in [1.29, 1.82) is 0 Å². The molecule has 2 aromatic carbocycles. The molecule has 24 heavy (non-hydrogen) atoms. The van der Waals surface area contributed by atoms with Gasteiger partial charge in [0.05, 0.1) is 18.4 Å². The molecule has 2 heterocycles. The summed E-state index contributed by atoms with van der Waals surface area (Å²) in [5, 5.41) is 2.04. The number of hydrogen-bond acceptors (Lipinski definition) is 3. The van der Waals surface area contributed by atoms with E-state index in [0.717, 1.165) is 22.2 Å². The van der Waals surface area contributed by atoms with E-state index in [4.69, 9.17) is 0 Å². The first-order valence-corrected chi connectivity index (χ1v) is 8.68. The van der Waals surface area contributed by atoms with Crippen molar-refractivity contribution in [3.8, 4) is 11.1 Å². The van der Waals surface area contributed by atoms with Crippen LogP contribution in [0.4, 0.5) is 0 Å². The average Bonchev–Trinajstić information content (AvgIpc) is 3.03. The Kier molecular flexibility index (Phi) is 3.75. The van der Waals surface area contributed by atoms with Crippen molar-refractivity contribution < 1.29 is 0 Å². The lowest BCUT2D eigenvalue weighted by molar-refractivity contribution is 0.750. The predicted octanol–water partition coefficient (Wildman–Crippen LogP) is 4.48. The van der Waals surface area contributed by atoms with Gasteiger partial charge in [0.1, 0.15) is 4.70 Å². The largest absolute Gasteiger partial charge is 0.294 e. The van der Waals surface area contributed by atoms with Gasteiger partial charge in [-0.3, -0.25) is 9.36 Å². The maximum atomic E-state index is 12.8. The molecule has 0 spiro atoms. The highest BCUT2D eigenvalue weighted by molar-refractivity contribution is 7.17. The standard InChI is InChI=1S/C20H16N2OS/c1-14-7-5-6-10-16(14)17-12-24-19-18(17)21-13-22(20(19)23)11-15-8-3-2-4-9-15/h2-10,12-13H,11H2,1H3. The van der Waals surface area contributed by atoms with Crippen molar-refractivity contribution in [2.24, 2.45) is 0 Å². The molecule has 0 saturated heterocycles. The zero-order valence-electron chi connectivity index (χ0n) is 13.3. The van der Waals surface area contributed by atoms with E-state index in [1.807, 2.05) is 47.8 Å². The molecule has 0 saturated carbocycles. The monoisotopic (exact) mass is 332 g/mol. The van der Waals surface area contributed by atoms with Gasteiger partial charge in [-0.1, -0.05) is 54.6 Å². The fourth-order valence-corrected chi connectivity index (χ4v) is 3.87. The van der Waals surface area contributed by atoms with Crippen LogP contribution >= 0.6 is 11.3 Å². The maximum absolute atomic E-state index is 12.8. The topological polar surface area (TPSA) is 34.9 Å². The molecule has 0 atom stereocenters. The van der Waals surface area contributed by atoms with Crippen LogP contribution in [0.5, 0.6) is 0 Å². The van der Waals surface area contributed by atoms with Crippen LogP contribution in [-0.2, 0) is 6.54 Å². The van der Waals surface area contributed by atoms with Crippen molar-refractivity contribution in [2.45, 2.75) is 13.5 Å². The van der Waals surface area contributed by atoms with Gasteiger partial charge in [-0.2, -0.15) is 0 Å². The summed E-state index contributed by atoms with van der Waals surface area (Å²) < 4.78 is 2.39. The molecule has 0 radical (unpaired) electrons. The van der Waals surface area contributed by atoms with Crippen molar-refractivity contribution in [3.05, 3.63) is 87.8 Å². The van der Waals surface area contributed by atoms with E-state index in [0.29, 0.717) is 11.2 Å². The van der Waals surface area contributed by atoms with Crippen molar-refractivity contribution in [2.75, 3.05) is 0 Å². The molecule has 0 N–H and O–H groups in total. The van der Waals surface area contributed by atoms with E-state index in [1.165, 1.54) is 16.9 Å². The summed E-state index contributed by atoms with van der Waals surface area (Å²) in [5.74, 6) is 0. The Hall–Kier alpha value is -2.72. The van der Waals surface area contributed by atoms with Gasteiger partial charge in [-0.25, -0.2) is 4.98 Å². The van der Waals surface area contributed by atoms with Gasteiger partial charge in [0.25, 0.3) is 5.56 Å². The third-order valence-electron chi connectivity index (χ3n) is 4.18. The normalized spacial score (nSPS) is 11.0. The minimum absolute atomic E-state index is 0.0219. The van der Waals surface area contributed by atoms with Crippen LogP contribution in [0.2, 0.25) is 0 Å². The summed E-state index contributed by atoms with van der Waals surface area (Å²) in [6, 6.07) is 18.2. The number of rotatable bonds is 3. The van der Waals surface area contributed by atoms with Crippen molar-refractivity contribution in [3.63, 3.8) is 0 Å². The third kappa shape index (κ3) is 2.55. The first-order valence-electron chi connectivity index (χ1n) is 7.80. The molecule has 2 aromatic heterocycles. The quantitative estimate of drug-likeness (QED) is 0.554. The predicted molar refractivity (Wildman–Crippen MR) is 99.6 cm³/mol. The number of nitrogens with zero attached hydrogens (tertiary/aromatic N) is 2. The third-order valence-corrected chi connectivity index (χ3v) is 5.13. The minimum atomic E-state index is 0.0219. The van der Waals surface area contributed by atoms with E-state index < -0.39 is 0 Å². The summed E-state index contributed by atoms with van der Waals surface area (Å²) in [4.78, 5) is 17.4. The molecule has 3 nitrogen and oxygen atoms in total. The van der Waals surface area contributed by atoms with Crippen LogP contribution < -0.4 is 5.56 Å². The lowest BCUT2D eigenvalue weighted by atomic mass is 10.0. The average molecular weight is 332 g/mol. The molecule has 0 unspecified atom stereocenters. The second kappa shape index (κ2) is 6.06. The molecule has 4 aromatic rings. The Bertz CT molecular complexity index is 1060. The van der Waals surface area contributed by atoms with Gasteiger partial charge >= 0.3 is 0 Å². The molecule has 0 bridgehead atoms. The maximum Gasteiger partial charge on any atom is 0.271 e. The Morgan fingerprint density at radius 3 is 2.54 bits per heavy atom. The number of aryl methyl sites for hydroxylation is 1. The zero-order valence-corrected chi connectivity index (χ0v) is 14.1. The molecule has 4 heteroatoms. The first kappa shape index (κ1) is 14.8. The highest BCUT2D eigenvalue weighted by Gasteiger charge is 2.13. The summed E-state index contributed by atoms with van der Waals surface area (Å²) in [7, 11) is 0. The molecular weight excluding hydrogens is 316 g/mol. The Morgan fingerprint density at radius 2 is 1.75 bits per heavy atom. The molecule has 118 valence electrons. The van der Waals surface area contributed by atoms with Crippen LogP contribution in [0.15, 0.2) is 71.1 Å². The molecule has 4 rings (SSSR count). The van der Waals surface area contributed by atoms with E-state index in [1.54, 1.807) is 10.9 Å². The first-order chi connectivity index (χ1) is 11.7.